The van der Waals surface area contributed by atoms with Crippen molar-refractivity contribution in [3.05, 3.63) is 11.7 Å². The van der Waals surface area contributed by atoms with Gasteiger partial charge in [-0.25, -0.2) is 0 Å². The fourth-order valence-corrected chi connectivity index (χ4v) is 2.46. The molecule has 4 nitrogen and oxygen atoms in total. The Morgan fingerprint density at radius 1 is 1.41 bits per heavy atom. The van der Waals surface area contributed by atoms with Crippen molar-refractivity contribution >= 4 is 11.8 Å². The molecule has 2 N–H and O–H groups in total. The number of hydrogen-bond acceptors (Lipinski definition) is 5. The normalized spacial score (nSPS) is 13.2. The van der Waals surface area contributed by atoms with E-state index in [1.54, 1.807) is 0 Å². The van der Waals surface area contributed by atoms with E-state index in [-0.39, 0.29) is 5.92 Å². The molecule has 1 rings (SSSR count). The molecule has 1 atom stereocenters. The van der Waals surface area contributed by atoms with Crippen molar-refractivity contribution in [3.63, 3.8) is 0 Å². The van der Waals surface area contributed by atoms with E-state index < -0.39 is 0 Å². The second kappa shape index (κ2) is 7.71. The Morgan fingerprint density at radius 3 is 2.76 bits per heavy atom. The summed E-state index contributed by atoms with van der Waals surface area (Å²) in [5.74, 6) is 4.36. The van der Waals surface area contributed by atoms with Crippen LogP contribution in [0.5, 0.6) is 0 Å². The van der Waals surface area contributed by atoms with Gasteiger partial charge < -0.3 is 10.3 Å². The van der Waals surface area contributed by atoms with E-state index in [2.05, 4.69) is 30.9 Å². The minimum Gasteiger partial charge on any atom is -0.339 e. The third kappa shape index (κ3) is 5.08. The third-order valence-corrected chi connectivity index (χ3v) is 3.80. The van der Waals surface area contributed by atoms with Gasteiger partial charge in [0.25, 0.3) is 0 Å². The number of nitrogens with zero attached hydrogens (tertiary/aromatic N) is 2. The van der Waals surface area contributed by atoms with Gasteiger partial charge in [-0.3, -0.25) is 0 Å². The maximum Gasteiger partial charge on any atom is 0.231 e. The van der Waals surface area contributed by atoms with Crippen LogP contribution in [-0.2, 0) is 5.75 Å². The SMILES string of the molecule is CCCC(CN)c1nc(CSCC(C)C)no1. The molecule has 5 heteroatoms. The molecule has 17 heavy (non-hydrogen) atoms. The topological polar surface area (TPSA) is 64.9 Å². The maximum atomic E-state index is 5.71. The molecule has 98 valence electrons. The Kier molecular flexibility index (Phi) is 6.58. The molecule has 1 unspecified atom stereocenters. The van der Waals surface area contributed by atoms with Crippen LogP contribution in [0.1, 0.15) is 51.2 Å². The number of nitrogens with two attached hydrogens (primary N) is 1. The van der Waals surface area contributed by atoms with E-state index in [1.807, 2.05) is 11.8 Å². The molecule has 0 aromatic carbocycles. The highest BCUT2D eigenvalue weighted by molar-refractivity contribution is 7.98. The first kappa shape index (κ1) is 14.5. The summed E-state index contributed by atoms with van der Waals surface area (Å²) in [6.07, 6.45) is 2.10. The Bertz CT molecular complexity index is 314. The minimum atomic E-state index is 0.219. The molecule has 0 amide bonds. The standard InChI is InChI=1S/C12H23N3OS/c1-4-5-10(6-13)12-14-11(15-16-12)8-17-7-9(2)3/h9-10H,4-8,13H2,1-3H3. The van der Waals surface area contributed by atoms with Crippen molar-refractivity contribution in [1.82, 2.24) is 10.1 Å². The van der Waals surface area contributed by atoms with E-state index in [9.17, 15) is 0 Å². The van der Waals surface area contributed by atoms with Crippen molar-refractivity contribution in [3.8, 4) is 0 Å². The molecule has 0 bridgehead atoms. The summed E-state index contributed by atoms with van der Waals surface area (Å²) in [5.41, 5.74) is 5.71. The van der Waals surface area contributed by atoms with Crippen LogP contribution in [0.25, 0.3) is 0 Å². The first-order valence-electron chi connectivity index (χ1n) is 6.27. The Morgan fingerprint density at radius 2 is 2.18 bits per heavy atom. The summed E-state index contributed by atoms with van der Waals surface area (Å²) in [5, 5.41) is 4.00. The Labute approximate surface area is 108 Å². The summed E-state index contributed by atoms with van der Waals surface area (Å²) in [6, 6.07) is 0. The number of aromatic nitrogens is 2. The first-order chi connectivity index (χ1) is 8.17. The van der Waals surface area contributed by atoms with Crippen LogP contribution >= 0.6 is 11.8 Å². The lowest BCUT2D eigenvalue weighted by Gasteiger charge is -2.06. The summed E-state index contributed by atoms with van der Waals surface area (Å²) in [7, 11) is 0. The lowest BCUT2D eigenvalue weighted by atomic mass is 10.0. The van der Waals surface area contributed by atoms with Gasteiger partial charge in [0.2, 0.25) is 5.89 Å². The molecule has 0 aliphatic carbocycles. The second-order valence-corrected chi connectivity index (χ2v) is 5.71. The molecule has 0 fully saturated rings. The smallest absolute Gasteiger partial charge is 0.231 e. The third-order valence-electron chi connectivity index (χ3n) is 2.44. The van der Waals surface area contributed by atoms with Gasteiger partial charge in [-0.2, -0.15) is 16.7 Å². The molecule has 1 heterocycles. The van der Waals surface area contributed by atoms with Crippen molar-refractivity contribution in [1.29, 1.82) is 0 Å². The Balaban J connectivity index is 2.46. The van der Waals surface area contributed by atoms with Crippen LogP contribution < -0.4 is 5.73 Å². The van der Waals surface area contributed by atoms with Crippen LogP contribution in [0.2, 0.25) is 0 Å². The average Bonchev–Trinajstić information content (AvgIpc) is 2.74. The molecule has 0 saturated carbocycles. The van der Waals surface area contributed by atoms with Gasteiger partial charge in [-0.15, -0.1) is 0 Å². The zero-order valence-electron chi connectivity index (χ0n) is 11.0. The molecule has 1 aromatic rings. The Hall–Kier alpha value is -0.550. The van der Waals surface area contributed by atoms with Crippen molar-refractivity contribution in [2.75, 3.05) is 12.3 Å². The van der Waals surface area contributed by atoms with Crippen LogP contribution in [0, 0.1) is 5.92 Å². The quantitative estimate of drug-likeness (QED) is 0.775. The van der Waals surface area contributed by atoms with Gasteiger partial charge in [0.1, 0.15) is 0 Å². The summed E-state index contributed by atoms with van der Waals surface area (Å²) in [4.78, 5) is 4.42. The predicted molar refractivity (Wildman–Crippen MR) is 72.0 cm³/mol. The average molecular weight is 257 g/mol. The van der Waals surface area contributed by atoms with Crippen LogP contribution in [-0.4, -0.2) is 22.4 Å². The fraction of sp³-hybridized carbons (Fsp3) is 0.833. The van der Waals surface area contributed by atoms with E-state index in [1.165, 1.54) is 0 Å². The van der Waals surface area contributed by atoms with Gasteiger partial charge in [-0.05, 0) is 18.1 Å². The highest BCUT2D eigenvalue weighted by atomic mass is 32.2. The van der Waals surface area contributed by atoms with E-state index in [0.29, 0.717) is 18.4 Å². The lowest BCUT2D eigenvalue weighted by molar-refractivity contribution is 0.344. The van der Waals surface area contributed by atoms with Gasteiger partial charge in [0.05, 0.1) is 11.7 Å². The zero-order valence-corrected chi connectivity index (χ0v) is 11.8. The van der Waals surface area contributed by atoms with Crippen LogP contribution in [0.15, 0.2) is 4.52 Å². The zero-order chi connectivity index (χ0) is 12.7. The largest absolute Gasteiger partial charge is 0.339 e. The maximum absolute atomic E-state index is 5.71. The number of hydrogen-bond donors (Lipinski definition) is 1. The van der Waals surface area contributed by atoms with E-state index in [0.717, 1.165) is 30.2 Å². The molecule has 0 saturated heterocycles. The van der Waals surface area contributed by atoms with E-state index in [4.69, 9.17) is 10.3 Å². The summed E-state index contributed by atoms with van der Waals surface area (Å²) >= 11 is 1.84. The predicted octanol–water partition coefficient (Wildman–Crippen LogP) is 2.80. The molecule has 1 aromatic heterocycles. The van der Waals surface area contributed by atoms with Gasteiger partial charge >= 0.3 is 0 Å². The highest BCUT2D eigenvalue weighted by Gasteiger charge is 2.16. The summed E-state index contributed by atoms with van der Waals surface area (Å²) in [6.45, 7) is 7.13. The van der Waals surface area contributed by atoms with E-state index >= 15 is 0 Å². The number of rotatable bonds is 8. The van der Waals surface area contributed by atoms with Crippen molar-refractivity contribution in [2.45, 2.75) is 45.3 Å². The first-order valence-corrected chi connectivity index (χ1v) is 7.43. The molecule has 0 radical (unpaired) electrons. The van der Waals surface area contributed by atoms with Gasteiger partial charge in [0, 0.05) is 6.54 Å². The van der Waals surface area contributed by atoms with Crippen LogP contribution in [0.3, 0.4) is 0 Å². The second-order valence-electron chi connectivity index (χ2n) is 4.68. The molecule has 0 aliphatic rings. The summed E-state index contributed by atoms with van der Waals surface area (Å²) < 4.78 is 5.27. The number of thioether (sulfide) groups is 1. The van der Waals surface area contributed by atoms with Crippen molar-refractivity contribution in [2.24, 2.45) is 11.7 Å². The molecule has 0 spiro atoms. The van der Waals surface area contributed by atoms with Crippen LogP contribution in [0.4, 0.5) is 0 Å². The highest BCUT2D eigenvalue weighted by Crippen LogP contribution is 2.20. The fourth-order valence-electron chi connectivity index (χ4n) is 1.57. The van der Waals surface area contributed by atoms with Crippen molar-refractivity contribution < 1.29 is 4.52 Å². The molecular formula is C12H23N3OS. The minimum absolute atomic E-state index is 0.219. The van der Waals surface area contributed by atoms with Gasteiger partial charge in [-0.1, -0.05) is 32.3 Å². The molecule has 0 aliphatic heterocycles. The lowest BCUT2D eigenvalue weighted by Crippen LogP contribution is -2.12. The molecular weight excluding hydrogens is 234 g/mol. The monoisotopic (exact) mass is 257 g/mol. The van der Waals surface area contributed by atoms with Gasteiger partial charge in [0.15, 0.2) is 5.82 Å².